The first-order valence-electron chi connectivity index (χ1n) is 9.55. The number of hydrogen-bond acceptors (Lipinski definition) is 6. The van der Waals surface area contributed by atoms with Gasteiger partial charge in [-0.25, -0.2) is 9.37 Å². The Labute approximate surface area is 191 Å². The van der Waals surface area contributed by atoms with Crippen molar-refractivity contribution in [1.29, 1.82) is 0 Å². The number of fused-ring (bicyclic) bond motifs is 1. The second-order valence-corrected chi connectivity index (χ2v) is 8.92. The van der Waals surface area contributed by atoms with Crippen LogP contribution in [-0.4, -0.2) is 29.7 Å². The molecule has 9 heteroatoms. The first kappa shape index (κ1) is 21.8. The predicted octanol–water partition coefficient (Wildman–Crippen LogP) is 5.43. The SMILES string of the molecule is COc1cccc(C(=O)Nc2ccc3nc(SCC(=O)Nc4ccccc4F)sc3c2)c1. The first-order valence-corrected chi connectivity index (χ1v) is 11.4. The number of anilines is 2. The number of benzene rings is 3. The van der Waals surface area contributed by atoms with Crippen LogP contribution in [0.1, 0.15) is 10.4 Å². The van der Waals surface area contributed by atoms with Gasteiger partial charge in [0.25, 0.3) is 5.91 Å². The number of carbonyl (C=O) groups excluding carboxylic acids is 2. The van der Waals surface area contributed by atoms with Crippen LogP contribution < -0.4 is 15.4 Å². The summed E-state index contributed by atoms with van der Waals surface area (Å²) in [5.41, 5.74) is 2.05. The van der Waals surface area contributed by atoms with Gasteiger partial charge in [-0.3, -0.25) is 9.59 Å². The maximum absolute atomic E-state index is 13.7. The van der Waals surface area contributed by atoms with Crippen molar-refractivity contribution in [2.24, 2.45) is 0 Å². The van der Waals surface area contributed by atoms with E-state index in [0.29, 0.717) is 21.3 Å². The van der Waals surface area contributed by atoms with E-state index >= 15 is 0 Å². The predicted molar refractivity (Wildman–Crippen MR) is 126 cm³/mol. The molecular formula is C23H18FN3O3S2. The maximum Gasteiger partial charge on any atom is 0.255 e. The molecule has 32 heavy (non-hydrogen) atoms. The molecule has 2 amide bonds. The van der Waals surface area contributed by atoms with E-state index in [4.69, 9.17) is 4.74 Å². The van der Waals surface area contributed by atoms with E-state index in [2.05, 4.69) is 15.6 Å². The molecule has 1 aromatic heterocycles. The number of carbonyl (C=O) groups is 2. The van der Waals surface area contributed by atoms with Gasteiger partial charge in [0, 0.05) is 11.3 Å². The number of rotatable bonds is 7. The molecule has 162 valence electrons. The van der Waals surface area contributed by atoms with Gasteiger partial charge in [0.05, 0.1) is 28.8 Å². The molecule has 0 fully saturated rings. The first-order chi connectivity index (χ1) is 15.5. The second kappa shape index (κ2) is 9.80. The summed E-state index contributed by atoms with van der Waals surface area (Å²) < 4.78 is 20.4. The van der Waals surface area contributed by atoms with Gasteiger partial charge >= 0.3 is 0 Å². The summed E-state index contributed by atoms with van der Waals surface area (Å²) >= 11 is 2.69. The summed E-state index contributed by atoms with van der Waals surface area (Å²) in [4.78, 5) is 29.2. The van der Waals surface area contributed by atoms with Gasteiger partial charge in [-0.2, -0.15) is 0 Å². The molecule has 2 N–H and O–H groups in total. The monoisotopic (exact) mass is 467 g/mol. The maximum atomic E-state index is 13.7. The van der Waals surface area contributed by atoms with Crippen LogP contribution in [0.15, 0.2) is 71.1 Å². The fourth-order valence-corrected chi connectivity index (χ4v) is 4.79. The second-order valence-electron chi connectivity index (χ2n) is 6.67. The molecule has 0 aliphatic carbocycles. The highest BCUT2D eigenvalue weighted by molar-refractivity contribution is 8.01. The minimum Gasteiger partial charge on any atom is -0.497 e. The lowest BCUT2D eigenvalue weighted by atomic mass is 10.2. The number of halogens is 1. The number of thioether (sulfide) groups is 1. The zero-order valence-corrected chi connectivity index (χ0v) is 18.6. The summed E-state index contributed by atoms with van der Waals surface area (Å²) in [7, 11) is 1.55. The van der Waals surface area contributed by atoms with Gasteiger partial charge < -0.3 is 15.4 Å². The van der Waals surface area contributed by atoms with Crippen LogP contribution >= 0.6 is 23.1 Å². The Kier molecular flexibility index (Phi) is 6.67. The van der Waals surface area contributed by atoms with Crippen molar-refractivity contribution in [2.75, 3.05) is 23.5 Å². The van der Waals surface area contributed by atoms with E-state index < -0.39 is 5.82 Å². The molecule has 0 atom stereocenters. The summed E-state index contributed by atoms with van der Waals surface area (Å²) in [6, 6.07) is 18.4. The Morgan fingerprint density at radius 3 is 2.72 bits per heavy atom. The number of hydrogen-bond donors (Lipinski definition) is 2. The average molecular weight is 468 g/mol. The molecule has 1 heterocycles. The van der Waals surface area contributed by atoms with Crippen molar-refractivity contribution < 1.29 is 18.7 Å². The highest BCUT2D eigenvalue weighted by Crippen LogP contribution is 2.31. The molecule has 0 saturated heterocycles. The third kappa shape index (κ3) is 5.24. The Morgan fingerprint density at radius 2 is 1.91 bits per heavy atom. The van der Waals surface area contributed by atoms with Gasteiger partial charge in [0.15, 0.2) is 4.34 Å². The smallest absolute Gasteiger partial charge is 0.255 e. The van der Waals surface area contributed by atoms with Crippen molar-refractivity contribution in [3.05, 3.63) is 78.1 Å². The number of aromatic nitrogens is 1. The number of nitrogens with zero attached hydrogens (tertiary/aromatic N) is 1. The van der Waals surface area contributed by atoms with Crippen LogP contribution in [0.5, 0.6) is 5.75 Å². The number of thiazole rings is 1. The quantitative estimate of drug-likeness (QED) is 0.355. The number of amides is 2. The van der Waals surface area contributed by atoms with E-state index in [1.807, 2.05) is 12.1 Å². The van der Waals surface area contributed by atoms with Crippen LogP contribution in [-0.2, 0) is 4.79 Å². The third-order valence-corrected chi connectivity index (χ3v) is 6.59. The van der Waals surface area contributed by atoms with Crippen LogP contribution in [0.2, 0.25) is 0 Å². The standard InChI is InChI=1S/C23H18FN3O3S2/c1-30-16-6-4-5-14(11-16)22(29)25-15-9-10-19-20(12-15)32-23(27-19)31-13-21(28)26-18-8-3-2-7-17(18)24/h2-12H,13H2,1H3,(H,25,29)(H,26,28). The van der Waals surface area contributed by atoms with Crippen molar-refractivity contribution in [1.82, 2.24) is 4.98 Å². The molecule has 0 saturated carbocycles. The zero-order valence-electron chi connectivity index (χ0n) is 16.9. The lowest BCUT2D eigenvalue weighted by molar-refractivity contribution is -0.113. The largest absolute Gasteiger partial charge is 0.497 e. The highest BCUT2D eigenvalue weighted by atomic mass is 32.2. The molecule has 6 nitrogen and oxygen atoms in total. The summed E-state index contributed by atoms with van der Waals surface area (Å²) in [5.74, 6) is -0.323. The number of para-hydroxylation sites is 1. The van der Waals surface area contributed by atoms with Gasteiger partial charge in [-0.1, -0.05) is 30.0 Å². The van der Waals surface area contributed by atoms with Gasteiger partial charge in [0.2, 0.25) is 5.91 Å². The minimum absolute atomic E-state index is 0.105. The normalized spacial score (nSPS) is 10.7. The Morgan fingerprint density at radius 1 is 1.06 bits per heavy atom. The van der Waals surface area contributed by atoms with E-state index in [9.17, 15) is 14.0 Å². The molecule has 4 rings (SSSR count). The Bertz CT molecular complexity index is 1290. The fraction of sp³-hybridized carbons (Fsp3) is 0.0870. The molecule has 0 radical (unpaired) electrons. The highest BCUT2D eigenvalue weighted by Gasteiger charge is 2.12. The van der Waals surface area contributed by atoms with Crippen LogP contribution in [0.4, 0.5) is 15.8 Å². The zero-order chi connectivity index (χ0) is 22.5. The van der Waals surface area contributed by atoms with E-state index in [0.717, 1.165) is 10.2 Å². The molecule has 0 unspecified atom stereocenters. The van der Waals surface area contributed by atoms with Crippen molar-refractivity contribution in [3.8, 4) is 5.75 Å². The number of methoxy groups -OCH3 is 1. The minimum atomic E-state index is -0.477. The molecule has 0 bridgehead atoms. The third-order valence-electron chi connectivity index (χ3n) is 4.43. The molecule has 0 aliphatic rings. The van der Waals surface area contributed by atoms with Crippen molar-refractivity contribution in [2.45, 2.75) is 4.34 Å². The summed E-state index contributed by atoms with van der Waals surface area (Å²) in [6.07, 6.45) is 0. The topological polar surface area (TPSA) is 80.3 Å². The Balaban J connectivity index is 1.39. The van der Waals surface area contributed by atoms with E-state index in [1.54, 1.807) is 49.6 Å². The summed E-state index contributed by atoms with van der Waals surface area (Å²) in [5, 5.41) is 5.43. The van der Waals surface area contributed by atoms with Gasteiger partial charge in [-0.05, 0) is 48.5 Å². The number of ether oxygens (including phenoxy) is 1. The molecule has 0 aliphatic heterocycles. The van der Waals surface area contributed by atoms with Crippen LogP contribution in [0.25, 0.3) is 10.2 Å². The van der Waals surface area contributed by atoms with Crippen molar-refractivity contribution >= 4 is 56.5 Å². The van der Waals surface area contributed by atoms with Crippen molar-refractivity contribution in [3.63, 3.8) is 0 Å². The lowest BCUT2D eigenvalue weighted by Crippen LogP contribution is -2.14. The summed E-state index contributed by atoms with van der Waals surface area (Å²) in [6.45, 7) is 0. The number of nitrogens with one attached hydrogen (secondary N) is 2. The van der Waals surface area contributed by atoms with Gasteiger partial charge in [0.1, 0.15) is 11.6 Å². The lowest BCUT2D eigenvalue weighted by Gasteiger charge is -2.06. The van der Waals surface area contributed by atoms with E-state index in [1.165, 1.54) is 35.2 Å². The van der Waals surface area contributed by atoms with Gasteiger partial charge in [-0.15, -0.1) is 11.3 Å². The molecule has 4 aromatic rings. The van der Waals surface area contributed by atoms with Crippen LogP contribution in [0, 0.1) is 5.82 Å². The van der Waals surface area contributed by atoms with Crippen LogP contribution in [0.3, 0.4) is 0 Å². The molecule has 0 spiro atoms. The molecular weight excluding hydrogens is 449 g/mol. The molecule has 3 aromatic carbocycles. The Hall–Kier alpha value is -3.43. The average Bonchev–Trinajstić information content (AvgIpc) is 3.21. The fourth-order valence-electron chi connectivity index (χ4n) is 2.89. The van der Waals surface area contributed by atoms with E-state index in [-0.39, 0.29) is 23.3 Å².